The van der Waals surface area contributed by atoms with Crippen molar-refractivity contribution in [3.63, 3.8) is 0 Å². The Hall–Kier alpha value is -2.12. The topological polar surface area (TPSA) is 72.8 Å². The molecule has 0 saturated heterocycles. The van der Waals surface area contributed by atoms with Crippen molar-refractivity contribution in [3.05, 3.63) is 35.8 Å². The minimum absolute atomic E-state index is 0.00497. The number of nitrogens with one attached hydrogen (secondary N) is 1. The van der Waals surface area contributed by atoms with E-state index in [1.807, 2.05) is 0 Å². The van der Waals surface area contributed by atoms with Gasteiger partial charge in [-0.15, -0.1) is 0 Å². The van der Waals surface area contributed by atoms with Gasteiger partial charge in [0.1, 0.15) is 18.2 Å². The summed E-state index contributed by atoms with van der Waals surface area (Å²) in [6.07, 6.45) is 1.09. The maximum Gasteiger partial charge on any atom is 0.289 e. The Bertz CT molecular complexity index is 513. The fourth-order valence-corrected chi connectivity index (χ4v) is 1.38. The number of nitrogens with zero attached hydrogens (tertiary/aromatic N) is 1. The Morgan fingerprint density at radius 2 is 2.18 bits per heavy atom. The van der Waals surface area contributed by atoms with Crippen LogP contribution in [0.1, 0.15) is 32.4 Å². The van der Waals surface area contributed by atoms with Crippen LogP contribution in [0.3, 0.4) is 0 Å². The van der Waals surface area contributed by atoms with Crippen molar-refractivity contribution in [3.8, 4) is 0 Å². The molecule has 0 aliphatic carbocycles. The molecule has 1 heterocycles. The van der Waals surface area contributed by atoms with Crippen LogP contribution in [0.4, 0.5) is 13.2 Å². The van der Waals surface area contributed by atoms with E-state index < -0.39 is 18.3 Å². The highest BCUT2D eigenvalue weighted by Crippen LogP contribution is 2.18. The predicted molar refractivity (Wildman–Crippen MR) is 76.8 cm³/mol. The molecule has 0 radical (unpaired) electrons. The van der Waals surface area contributed by atoms with Gasteiger partial charge in [-0.1, -0.05) is 13.8 Å². The van der Waals surface area contributed by atoms with Crippen molar-refractivity contribution in [1.29, 1.82) is 0 Å². The lowest BCUT2D eigenvalue weighted by Crippen LogP contribution is -2.32. The summed E-state index contributed by atoms with van der Waals surface area (Å²) in [6, 6.07) is 2.99. The maximum absolute atomic E-state index is 13.7. The number of aliphatic imine (C=N–C) groups is 1. The fraction of sp³-hybridized carbons (Fsp3) is 0.500. The zero-order chi connectivity index (χ0) is 16.6. The fourth-order valence-electron chi connectivity index (χ4n) is 1.38. The van der Waals surface area contributed by atoms with Gasteiger partial charge in [0.05, 0.1) is 12.8 Å². The molecule has 8 heteroatoms. The van der Waals surface area contributed by atoms with E-state index in [0.717, 1.165) is 0 Å². The summed E-state index contributed by atoms with van der Waals surface area (Å²) in [5.41, 5.74) is 5.51. The molecule has 0 aromatic carbocycles. The van der Waals surface area contributed by atoms with Gasteiger partial charge in [0, 0.05) is 12.8 Å². The summed E-state index contributed by atoms with van der Waals surface area (Å²) in [5.74, 6) is -3.49. The number of hydrogen-bond donors (Lipinski definition) is 2. The smallest absolute Gasteiger partial charge is 0.289 e. The van der Waals surface area contributed by atoms with Crippen LogP contribution in [-0.2, 0) is 11.3 Å². The van der Waals surface area contributed by atoms with Crippen molar-refractivity contribution >= 4 is 6.02 Å². The minimum atomic E-state index is -2.96. The third kappa shape index (κ3) is 6.11. The van der Waals surface area contributed by atoms with Gasteiger partial charge in [-0.3, -0.25) is 0 Å². The number of amidine groups is 1. The van der Waals surface area contributed by atoms with Crippen molar-refractivity contribution in [1.82, 2.24) is 5.32 Å². The molecule has 0 aliphatic rings. The Morgan fingerprint density at radius 3 is 2.73 bits per heavy atom. The molecule has 1 rings (SSSR count). The molecule has 0 aliphatic heterocycles. The van der Waals surface area contributed by atoms with E-state index in [1.165, 1.54) is 20.1 Å². The average molecular weight is 319 g/mol. The highest BCUT2D eigenvalue weighted by Gasteiger charge is 2.26. The van der Waals surface area contributed by atoms with Gasteiger partial charge < -0.3 is 20.2 Å². The predicted octanol–water partition coefficient (Wildman–Crippen LogP) is 3.29. The molecule has 22 heavy (non-hydrogen) atoms. The number of rotatable bonds is 8. The monoisotopic (exact) mass is 319 g/mol. The molecular weight excluding hydrogens is 299 g/mol. The molecule has 1 aromatic rings. The van der Waals surface area contributed by atoms with Crippen molar-refractivity contribution in [2.75, 3.05) is 6.54 Å². The Labute approximate surface area is 127 Å². The number of alkyl halides is 2. The van der Waals surface area contributed by atoms with Gasteiger partial charge >= 0.3 is 0 Å². The molecule has 0 saturated carbocycles. The first kappa shape index (κ1) is 17.9. The minimum Gasteiger partial charge on any atom is -0.466 e. The quantitative estimate of drug-likeness (QED) is 0.569. The van der Waals surface area contributed by atoms with E-state index in [0.29, 0.717) is 5.76 Å². The number of nitrogens with two attached hydrogens (primary N) is 1. The molecule has 0 amide bonds. The SMILES string of the molecule is CC/C(F)=C(\N=C(N)OCc1ccco1)NCC(F)(F)CC. The highest BCUT2D eigenvalue weighted by molar-refractivity contribution is 5.72. The molecule has 0 fully saturated rings. The normalized spacial score (nSPS) is 13.8. The third-order valence-corrected chi connectivity index (χ3v) is 2.76. The Balaban J connectivity index is 2.69. The third-order valence-electron chi connectivity index (χ3n) is 2.76. The van der Waals surface area contributed by atoms with E-state index in [4.69, 9.17) is 14.9 Å². The van der Waals surface area contributed by atoms with Gasteiger partial charge in [0.15, 0.2) is 5.82 Å². The second kappa shape index (κ2) is 8.35. The molecule has 0 spiro atoms. The molecular formula is C14H20F3N3O2. The zero-order valence-electron chi connectivity index (χ0n) is 12.5. The van der Waals surface area contributed by atoms with Crippen molar-refractivity contribution in [2.24, 2.45) is 10.7 Å². The molecule has 0 unspecified atom stereocenters. The van der Waals surface area contributed by atoms with Crippen LogP contribution in [0.2, 0.25) is 0 Å². The second-order valence-electron chi connectivity index (χ2n) is 4.49. The van der Waals surface area contributed by atoms with Crippen LogP contribution in [-0.4, -0.2) is 18.5 Å². The van der Waals surface area contributed by atoms with Crippen LogP contribution in [0.25, 0.3) is 0 Å². The number of hydrogen-bond acceptors (Lipinski definition) is 4. The van der Waals surface area contributed by atoms with Crippen molar-refractivity contribution < 1.29 is 22.3 Å². The number of ether oxygens (including phenoxy) is 1. The lowest BCUT2D eigenvalue weighted by Gasteiger charge is -2.16. The molecule has 5 nitrogen and oxygen atoms in total. The summed E-state index contributed by atoms with van der Waals surface area (Å²) in [7, 11) is 0. The van der Waals surface area contributed by atoms with Gasteiger partial charge in [-0.05, 0) is 12.1 Å². The molecule has 1 aromatic heterocycles. The first-order valence-electron chi connectivity index (χ1n) is 6.87. The summed E-state index contributed by atoms with van der Waals surface area (Å²) in [4.78, 5) is 3.67. The lowest BCUT2D eigenvalue weighted by atomic mass is 10.2. The second-order valence-corrected chi connectivity index (χ2v) is 4.49. The largest absolute Gasteiger partial charge is 0.466 e. The number of allylic oxidation sites excluding steroid dienone is 1. The van der Waals surface area contributed by atoms with Gasteiger partial charge in [0.25, 0.3) is 11.9 Å². The first-order valence-corrected chi connectivity index (χ1v) is 6.87. The van der Waals surface area contributed by atoms with E-state index in [2.05, 4.69) is 10.3 Å². The standard InChI is InChI=1S/C14H20F3N3O2/c1-3-11(15)12(19-9-14(16,17)4-2)20-13(18)22-8-10-6-5-7-21-10/h5-7,19H,3-4,8-9H2,1-2H3,(H2,18,20)/b12-11+. The Kier molecular flexibility index (Phi) is 6.81. The number of halogens is 3. The summed E-state index contributed by atoms with van der Waals surface area (Å²) in [5, 5.41) is 2.27. The summed E-state index contributed by atoms with van der Waals surface area (Å²) in [6.45, 7) is 2.14. The molecule has 124 valence electrons. The van der Waals surface area contributed by atoms with E-state index in [1.54, 1.807) is 12.1 Å². The Morgan fingerprint density at radius 1 is 1.45 bits per heavy atom. The highest BCUT2D eigenvalue weighted by atomic mass is 19.3. The van der Waals surface area contributed by atoms with Crippen LogP contribution >= 0.6 is 0 Å². The summed E-state index contributed by atoms with van der Waals surface area (Å²) >= 11 is 0. The van der Waals surface area contributed by atoms with Gasteiger partial charge in [-0.2, -0.15) is 4.99 Å². The molecule has 3 N–H and O–H groups in total. The van der Waals surface area contributed by atoms with Crippen LogP contribution < -0.4 is 11.1 Å². The molecule has 0 bridgehead atoms. The van der Waals surface area contributed by atoms with E-state index in [9.17, 15) is 13.2 Å². The zero-order valence-corrected chi connectivity index (χ0v) is 12.5. The molecule has 0 atom stereocenters. The van der Waals surface area contributed by atoms with Crippen LogP contribution in [0, 0.1) is 0 Å². The first-order chi connectivity index (χ1) is 10.4. The van der Waals surface area contributed by atoms with Crippen LogP contribution in [0.5, 0.6) is 0 Å². The lowest BCUT2D eigenvalue weighted by molar-refractivity contribution is 0.000415. The van der Waals surface area contributed by atoms with Gasteiger partial charge in [0.2, 0.25) is 0 Å². The van der Waals surface area contributed by atoms with Crippen molar-refractivity contribution in [2.45, 2.75) is 39.2 Å². The van der Waals surface area contributed by atoms with E-state index >= 15 is 0 Å². The average Bonchev–Trinajstić information content (AvgIpc) is 3.02. The van der Waals surface area contributed by atoms with Crippen LogP contribution in [0.15, 0.2) is 39.5 Å². The number of furan rings is 1. The van der Waals surface area contributed by atoms with Gasteiger partial charge in [-0.25, -0.2) is 13.2 Å². The summed E-state index contributed by atoms with van der Waals surface area (Å²) < 4.78 is 50.2. The maximum atomic E-state index is 13.7. The van der Waals surface area contributed by atoms with E-state index in [-0.39, 0.29) is 31.3 Å².